The average Bonchev–Trinajstić information content (AvgIpc) is 3.10. The van der Waals surface area contributed by atoms with Crippen LogP contribution in [0.5, 0.6) is 0 Å². The monoisotopic (exact) mass is 407 g/mol. The van der Waals surface area contributed by atoms with Crippen LogP contribution in [0.2, 0.25) is 0 Å². The van der Waals surface area contributed by atoms with E-state index >= 15 is 0 Å². The molecular weight excluding hydrogens is 394 g/mol. The number of hydrogen-bond acceptors (Lipinski definition) is 6. The third-order valence-corrected chi connectivity index (χ3v) is 4.93. The zero-order valence-electron chi connectivity index (χ0n) is 13.0. The predicted molar refractivity (Wildman–Crippen MR) is 92.3 cm³/mol. The summed E-state index contributed by atoms with van der Waals surface area (Å²) in [4.78, 5) is 32.3. The number of fused-ring (bicyclic) bond motifs is 3. The summed E-state index contributed by atoms with van der Waals surface area (Å²) in [6, 6.07) is 5.40. The van der Waals surface area contributed by atoms with Crippen molar-refractivity contribution in [1.82, 2.24) is 14.9 Å². The maximum absolute atomic E-state index is 12.3. The number of carboxylic acids is 1. The molecule has 1 unspecified atom stereocenters. The molecule has 0 saturated carbocycles. The van der Waals surface area contributed by atoms with Crippen LogP contribution in [0.4, 0.5) is 0 Å². The van der Waals surface area contributed by atoms with E-state index in [1.807, 2.05) is 12.1 Å². The highest BCUT2D eigenvalue weighted by atomic mass is 79.9. The van der Waals surface area contributed by atoms with E-state index in [0.29, 0.717) is 23.5 Å². The Morgan fingerprint density at radius 3 is 3.00 bits per heavy atom. The minimum Gasteiger partial charge on any atom is -0.479 e. The molecular formula is C16H14BrN3O5. The Labute approximate surface area is 149 Å². The molecule has 1 aliphatic heterocycles. The molecule has 3 heterocycles. The second-order valence-electron chi connectivity index (χ2n) is 6.23. The van der Waals surface area contributed by atoms with Crippen molar-refractivity contribution in [2.45, 2.75) is 18.6 Å². The van der Waals surface area contributed by atoms with Gasteiger partial charge in [-0.05, 0) is 18.2 Å². The van der Waals surface area contributed by atoms with E-state index < -0.39 is 11.6 Å². The average molecular weight is 408 g/mol. The van der Waals surface area contributed by atoms with Gasteiger partial charge in [-0.3, -0.25) is 9.69 Å². The number of likely N-dealkylation sites (tertiary alicyclic amines) is 1. The van der Waals surface area contributed by atoms with Crippen molar-refractivity contribution >= 4 is 44.0 Å². The minimum absolute atomic E-state index is 0.0121. The summed E-state index contributed by atoms with van der Waals surface area (Å²) in [5, 5.41) is 19.8. The highest BCUT2D eigenvalue weighted by Crippen LogP contribution is 2.28. The SMILES string of the molecule is O=C(O)C1(O)CCN(Cc2nc3c(oc4ccc(Br)cc43)c(=O)[nH]2)C1. The molecule has 130 valence electrons. The standard InChI is InChI=1S/C16H14BrN3O5/c17-8-1-2-10-9(5-8)12-13(25-10)14(21)19-11(18-12)6-20-4-3-16(24,7-20)15(22)23/h1-2,5,24H,3-4,6-7H2,(H,22,23)(H,18,19,21). The van der Waals surface area contributed by atoms with Crippen LogP contribution in [0.15, 0.2) is 31.9 Å². The quantitative estimate of drug-likeness (QED) is 0.600. The summed E-state index contributed by atoms with van der Waals surface area (Å²) in [6.45, 7) is 0.630. The number of furan rings is 1. The molecule has 0 aliphatic carbocycles. The molecule has 25 heavy (non-hydrogen) atoms. The van der Waals surface area contributed by atoms with Crippen LogP contribution < -0.4 is 5.56 Å². The first-order chi connectivity index (χ1) is 11.9. The maximum atomic E-state index is 12.3. The van der Waals surface area contributed by atoms with Crippen molar-refractivity contribution in [1.29, 1.82) is 0 Å². The molecule has 0 bridgehead atoms. The van der Waals surface area contributed by atoms with Gasteiger partial charge in [-0.15, -0.1) is 0 Å². The van der Waals surface area contributed by atoms with Crippen molar-refractivity contribution in [3.05, 3.63) is 38.9 Å². The molecule has 0 amide bonds. The highest BCUT2D eigenvalue weighted by molar-refractivity contribution is 9.10. The molecule has 1 fully saturated rings. The van der Waals surface area contributed by atoms with Gasteiger partial charge in [-0.25, -0.2) is 9.78 Å². The van der Waals surface area contributed by atoms with E-state index in [1.54, 1.807) is 11.0 Å². The molecule has 1 saturated heterocycles. The lowest BCUT2D eigenvalue weighted by atomic mass is 10.0. The zero-order valence-corrected chi connectivity index (χ0v) is 14.5. The number of aromatic amines is 1. The van der Waals surface area contributed by atoms with Gasteiger partial charge in [0.15, 0.2) is 5.60 Å². The number of aromatic nitrogens is 2. The van der Waals surface area contributed by atoms with E-state index in [-0.39, 0.29) is 30.7 Å². The van der Waals surface area contributed by atoms with Crippen LogP contribution in [0, 0.1) is 0 Å². The second-order valence-corrected chi connectivity index (χ2v) is 7.15. The number of rotatable bonds is 3. The summed E-state index contributed by atoms with van der Waals surface area (Å²) in [5.74, 6) is -0.840. The largest absolute Gasteiger partial charge is 0.479 e. The molecule has 3 N–H and O–H groups in total. The number of β-amino-alcohol motifs (C(OH)–C–C–N with tert-alkyl or cyclic N) is 1. The Kier molecular flexibility index (Phi) is 3.67. The van der Waals surface area contributed by atoms with E-state index in [0.717, 1.165) is 9.86 Å². The molecule has 8 nitrogen and oxygen atoms in total. The Hall–Kier alpha value is -2.23. The van der Waals surface area contributed by atoms with Crippen LogP contribution in [0.3, 0.4) is 0 Å². The number of halogens is 1. The fraction of sp³-hybridized carbons (Fsp3) is 0.312. The Morgan fingerprint density at radius 2 is 2.28 bits per heavy atom. The molecule has 3 aromatic rings. The van der Waals surface area contributed by atoms with Gasteiger partial charge in [-0.2, -0.15) is 0 Å². The number of aliphatic hydroxyl groups is 1. The molecule has 4 rings (SSSR count). The summed E-state index contributed by atoms with van der Waals surface area (Å²) in [6.07, 6.45) is 0.135. The van der Waals surface area contributed by atoms with Gasteiger partial charge in [-0.1, -0.05) is 15.9 Å². The normalized spacial score (nSPS) is 21.4. The van der Waals surface area contributed by atoms with Gasteiger partial charge in [0, 0.05) is 29.4 Å². The Morgan fingerprint density at radius 1 is 1.48 bits per heavy atom. The number of carboxylic acid groups (broad SMARTS) is 1. The third kappa shape index (κ3) is 2.74. The number of aliphatic carboxylic acids is 1. The lowest BCUT2D eigenvalue weighted by molar-refractivity contribution is -0.157. The lowest BCUT2D eigenvalue weighted by Crippen LogP contribution is -2.41. The van der Waals surface area contributed by atoms with Gasteiger partial charge >= 0.3 is 5.97 Å². The summed E-state index contributed by atoms with van der Waals surface area (Å²) in [5.41, 5.74) is -0.963. The molecule has 9 heteroatoms. The zero-order chi connectivity index (χ0) is 17.8. The number of hydrogen-bond donors (Lipinski definition) is 3. The van der Waals surface area contributed by atoms with Gasteiger partial charge in [0.05, 0.1) is 6.54 Å². The second kappa shape index (κ2) is 5.65. The van der Waals surface area contributed by atoms with Crippen LogP contribution >= 0.6 is 15.9 Å². The fourth-order valence-corrected chi connectivity index (χ4v) is 3.50. The Balaban J connectivity index is 1.71. The Bertz CT molecular complexity index is 1060. The van der Waals surface area contributed by atoms with Crippen molar-refractivity contribution in [2.75, 3.05) is 13.1 Å². The molecule has 2 aromatic heterocycles. The molecule has 1 aliphatic rings. The molecule has 0 radical (unpaired) electrons. The number of H-pyrrole nitrogens is 1. The first-order valence-electron chi connectivity index (χ1n) is 7.65. The van der Waals surface area contributed by atoms with E-state index in [9.17, 15) is 14.7 Å². The van der Waals surface area contributed by atoms with Crippen LogP contribution in [-0.4, -0.2) is 49.7 Å². The minimum atomic E-state index is -1.75. The predicted octanol–water partition coefficient (Wildman–Crippen LogP) is 1.45. The van der Waals surface area contributed by atoms with Gasteiger partial charge in [0.25, 0.3) is 5.56 Å². The van der Waals surface area contributed by atoms with Crippen LogP contribution in [-0.2, 0) is 11.3 Å². The van der Waals surface area contributed by atoms with Crippen molar-refractivity contribution in [3.63, 3.8) is 0 Å². The molecule has 0 spiro atoms. The van der Waals surface area contributed by atoms with Crippen LogP contribution in [0.1, 0.15) is 12.2 Å². The number of benzene rings is 1. The lowest BCUT2D eigenvalue weighted by Gasteiger charge is -2.18. The summed E-state index contributed by atoms with van der Waals surface area (Å²) >= 11 is 3.39. The van der Waals surface area contributed by atoms with Crippen molar-refractivity contribution in [2.24, 2.45) is 0 Å². The van der Waals surface area contributed by atoms with E-state index in [4.69, 9.17) is 9.52 Å². The van der Waals surface area contributed by atoms with Gasteiger partial charge in [0.1, 0.15) is 16.9 Å². The topological polar surface area (TPSA) is 120 Å². The van der Waals surface area contributed by atoms with Crippen molar-refractivity contribution < 1.29 is 19.4 Å². The summed E-state index contributed by atoms with van der Waals surface area (Å²) < 4.78 is 6.41. The third-order valence-electron chi connectivity index (χ3n) is 4.43. The smallest absolute Gasteiger partial charge is 0.337 e. The van der Waals surface area contributed by atoms with Gasteiger partial charge in [0.2, 0.25) is 5.58 Å². The summed E-state index contributed by atoms with van der Waals surface area (Å²) in [7, 11) is 0. The van der Waals surface area contributed by atoms with E-state index in [1.165, 1.54) is 0 Å². The van der Waals surface area contributed by atoms with Crippen molar-refractivity contribution in [3.8, 4) is 0 Å². The number of nitrogens with one attached hydrogen (secondary N) is 1. The van der Waals surface area contributed by atoms with E-state index in [2.05, 4.69) is 25.9 Å². The molecule has 1 aromatic carbocycles. The van der Waals surface area contributed by atoms with Gasteiger partial charge < -0.3 is 19.6 Å². The fourth-order valence-electron chi connectivity index (χ4n) is 3.14. The first kappa shape index (κ1) is 16.2. The number of nitrogens with zero attached hydrogens (tertiary/aromatic N) is 2. The molecule has 1 atom stereocenters. The first-order valence-corrected chi connectivity index (χ1v) is 8.44. The number of carbonyl (C=O) groups is 1. The van der Waals surface area contributed by atoms with Crippen LogP contribution in [0.25, 0.3) is 22.1 Å². The maximum Gasteiger partial charge on any atom is 0.337 e. The highest BCUT2D eigenvalue weighted by Gasteiger charge is 2.43.